The fourth-order valence-electron chi connectivity index (χ4n) is 4.01. The highest BCUT2D eigenvalue weighted by Crippen LogP contribution is 2.23. The van der Waals surface area contributed by atoms with Crippen molar-refractivity contribution < 1.29 is 19.1 Å². The number of carbonyl (C=O) groups excluding carboxylic acids is 3. The van der Waals surface area contributed by atoms with Gasteiger partial charge in [-0.2, -0.15) is 0 Å². The minimum absolute atomic E-state index is 0.147. The summed E-state index contributed by atoms with van der Waals surface area (Å²) in [7, 11) is 1.55. The Morgan fingerprint density at radius 2 is 1.65 bits per heavy atom. The first-order valence-corrected chi connectivity index (χ1v) is 12.0. The molecule has 1 unspecified atom stereocenters. The topological polar surface area (TPSA) is 96.5 Å². The van der Waals surface area contributed by atoms with Gasteiger partial charge >= 0.3 is 0 Å². The van der Waals surface area contributed by atoms with Crippen LogP contribution in [-0.2, 0) is 4.79 Å². The third kappa shape index (κ3) is 6.73. The standard InChI is InChI=1S/C26H32ClN3O4/c1-16(2)23(30-24(31)17-9-12-20(34-3)13-10-17)26(33)29-19-11-14-22(27)21(15-19)25(32)28-18-7-5-4-6-8-18/h9-16,18,23H,4-8H2,1-3H3,(H,28,32)(H,29,33)(H,30,31). The van der Waals surface area contributed by atoms with Crippen LogP contribution in [0.15, 0.2) is 42.5 Å². The molecule has 2 aromatic rings. The summed E-state index contributed by atoms with van der Waals surface area (Å²) in [6.45, 7) is 3.70. The van der Waals surface area contributed by atoms with Crippen molar-refractivity contribution in [3.8, 4) is 5.75 Å². The number of halogens is 1. The summed E-state index contributed by atoms with van der Waals surface area (Å²) in [5, 5.41) is 8.98. The van der Waals surface area contributed by atoms with E-state index in [9.17, 15) is 14.4 Å². The number of nitrogens with one attached hydrogen (secondary N) is 3. The molecule has 3 amide bonds. The number of rotatable bonds is 8. The van der Waals surface area contributed by atoms with Crippen molar-refractivity contribution in [1.29, 1.82) is 0 Å². The van der Waals surface area contributed by atoms with Crippen molar-refractivity contribution >= 4 is 35.0 Å². The third-order valence-electron chi connectivity index (χ3n) is 6.01. The van der Waals surface area contributed by atoms with E-state index in [4.69, 9.17) is 16.3 Å². The van der Waals surface area contributed by atoms with Crippen molar-refractivity contribution in [1.82, 2.24) is 10.6 Å². The van der Waals surface area contributed by atoms with E-state index in [1.54, 1.807) is 49.6 Å². The molecule has 1 saturated carbocycles. The Morgan fingerprint density at radius 3 is 2.26 bits per heavy atom. The van der Waals surface area contributed by atoms with E-state index in [0.29, 0.717) is 27.6 Å². The number of benzene rings is 2. The number of methoxy groups -OCH3 is 1. The average Bonchev–Trinajstić information content (AvgIpc) is 2.83. The molecule has 0 aliphatic heterocycles. The van der Waals surface area contributed by atoms with E-state index in [0.717, 1.165) is 25.7 Å². The maximum Gasteiger partial charge on any atom is 0.253 e. The first kappa shape index (κ1) is 25.6. The van der Waals surface area contributed by atoms with Crippen LogP contribution in [-0.4, -0.2) is 36.9 Å². The highest BCUT2D eigenvalue weighted by atomic mass is 35.5. The smallest absolute Gasteiger partial charge is 0.253 e. The van der Waals surface area contributed by atoms with Crippen LogP contribution >= 0.6 is 11.6 Å². The molecule has 7 nitrogen and oxygen atoms in total. The molecule has 34 heavy (non-hydrogen) atoms. The lowest BCUT2D eigenvalue weighted by Crippen LogP contribution is -2.47. The van der Waals surface area contributed by atoms with Crippen molar-refractivity contribution in [2.24, 2.45) is 5.92 Å². The van der Waals surface area contributed by atoms with Crippen LogP contribution in [0.4, 0.5) is 5.69 Å². The zero-order valence-corrected chi connectivity index (χ0v) is 20.6. The molecule has 1 aliphatic rings. The van der Waals surface area contributed by atoms with Gasteiger partial charge in [0.25, 0.3) is 11.8 Å². The summed E-state index contributed by atoms with van der Waals surface area (Å²) in [4.78, 5) is 38.5. The van der Waals surface area contributed by atoms with Crippen LogP contribution in [0.25, 0.3) is 0 Å². The predicted molar refractivity (Wildman–Crippen MR) is 134 cm³/mol. The van der Waals surface area contributed by atoms with Gasteiger partial charge in [-0.25, -0.2) is 0 Å². The van der Waals surface area contributed by atoms with Gasteiger partial charge in [-0.1, -0.05) is 44.7 Å². The highest BCUT2D eigenvalue weighted by molar-refractivity contribution is 6.34. The Kier molecular flexibility index (Phi) is 8.93. The Morgan fingerprint density at radius 1 is 0.971 bits per heavy atom. The Bertz CT molecular complexity index is 1020. The van der Waals surface area contributed by atoms with Crippen LogP contribution < -0.4 is 20.7 Å². The van der Waals surface area contributed by atoms with Gasteiger partial charge < -0.3 is 20.7 Å². The van der Waals surface area contributed by atoms with Gasteiger partial charge in [0.2, 0.25) is 5.91 Å². The second kappa shape index (κ2) is 11.9. The van der Waals surface area contributed by atoms with E-state index >= 15 is 0 Å². The summed E-state index contributed by atoms with van der Waals surface area (Å²) in [6, 6.07) is 10.8. The second-order valence-corrected chi connectivity index (χ2v) is 9.32. The minimum atomic E-state index is -0.773. The van der Waals surface area contributed by atoms with Gasteiger partial charge in [0.1, 0.15) is 11.8 Å². The lowest BCUT2D eigenvalue weighted by molar-refractivity contribution is -0.118. The van der Waals surface area contributed by atoms with E-state index in [1.165, 1.54) is 6.42 Å². The van der Waals surface area contributed by atoms with Crippen molar-refractivity contribution in [3.63, 3.8) is 0 Å². The molecule has 1 fully saturated rings. The minimum Gasteiger partial charge on any atom is -0.497 e. The zero-order chi connectivity index (χ0) is 24.7. The van der Waals surface area contributed by atoms with Crippen LogP contribution in [0.3, 0.4) is 0 Å². The lowest BCUT2D eigenvalue weighted by Gasteiger charge is -2.23. The largest absolute Gasteiger partial charge is 0.497 e. The SMILES string of the molecule is COc1ccc(C(=O)NC(C(=O)Nc2ccc(Cl)c(C(=O)NC3CCCCC3)c2)C(C)C)cc1. The molecule has 0 aromatic heterocycles. The summed E-state index contributed by atoms with van der Waals surface area (Å²) < 4.78 is 5.12. The summed E-state index contributed by atoms with van der Waals surface area (Å²) in [5.74, 6) is -0.511. The average molecular weight is 486 g/mol. The molecule has 3 rings (SSSR count). The third-order valence-corrected chi connectivity index (χ3v) is 6.34. The fraction of sp³-hybridized carbons (Fsp3) is 0.423. The normalized spacial score (nSPS) is 14.9. The van der Waals surface area contributed by atoms with Gasteiger partial charge in [-0.05, 0) is 61.2 Å². The first-order chi connectivity index (χ1) is 16.3. The molecule has 1 atom stereocenters. The Labute approximate surface area is 205 Å². The molecular weight excluding hydrogens is 454 g/mol. The first-order valence-electron chi connectivity index (χ1n) is 11.6. The van der Waals surface area contributed by atoms with E-state index in [1.807, 2.05) is 13.8 Å². The van der Waals surface area contributed by atoms with Crippen molar-refractivity contribution in [3.05, 3.63) is 58.6 Å². The maximum absolute atomic E-state index is 13.0. The molecule has 8 heteroatoms. The van der Waals surface area contributed by atoms with E-state index < -0.39 is 6.04 Å². The molecule has 0 heterocycles. The predicted octanol–water partition coefficient (Wildman–Crippen LogP) is 4.80. The maximum atomic E-state index is 13.0. The van der Waals surface area contributed by atoms with Gasteiger partial charge in [0.15, 0.2) is 0 Å². The molecule has 1 aliphatic carbocycles. The molecule has 0 bridgehead atoms. The second-order valence-electron chi connectivity index (χ2n) is 8.92. The Hall–Kier alpha value is -3.06. The molecule has 182 valence electrons. The van der Waals surface area contributed by atoms with E-state index in [-0.39, 0.29) is 29.7 Å². The number of amides is 3. The van der Waals surface area contributed by atoms with E-state index in [2.05, 4.69) is 16.0 Å². The number of anilines is 1. The monoisotopic (exact) mass is 485 g/mol. The number of carbonyl (C=O) groups is 3. The van der Waals surface area contributed by atoms with Crippen LogP contribution in [0.5, 0.6) is 5.75 Å². The Balaban J connectivity index is 1.68. The number of hydrogen-bond acceptors (Lipinski definition) is 4. The van der Waals surface area contributed by atoms with Gasteiger partial charge in [0, 0.05) is 17.3 Å². The van der Waals surface area contributed by atoms with Crippen LogP contribution in [0.2, 0.25) is 5.02 Å². The lowest BCUT2D eigenvalue weighted by atomic mass is 9.95. The van der Waals surface area contributed by atoms with Gasteiger partial charge in [0.05, 0.1) is 17.7 Å². The number of ether oxygens (including phenoxy) is 1. The molecule has 0 radical (unpaired) electrons. The van der Waals surface area contributed by atoms with Gasteiger partial charge in [-0.15, -0.1) is 0 Å². The number of hydrogen-bond donors (Lipinski definition) is 3. The van der Waals surface area contributed by atoms with Crippen LogP contribution in [0, 0.1) is 5.92 Å². The summed E-state index contributed by atoms with van der Waals surface area (Å²) >= 11 is 6.28. The molecule has 2 aromatic carbocycles. The quantitative estimate of drug-likeness (QED) is 0.500. The van der Waals surface area contributed by atoms with Gasteiger partial charge in [-0.3, -0.25) is 14.4 Å². The van der Waals surface area contributed by atoms with Crippen molar-refractivity contribution in [2.45, 2.75) is 58.0 Å². The molecule has 0 spiro atoms. The summed E-state index contributed by atoms with van der Waals surface area (Å²) in [5.41, 5.74) is 1.17. The molecule has 3 N–H and O–H groups in total. The summed E-state index contributed by atoms with van der Waals surface area (Å²) in [6.07, 6.45) is 5.33. The van der Waals surface area contributed by atoms with Crippen molar-refractivity contribution in [2.75, 3.05) is 12.4 Å². The highest BCUT2D eigenvalue weighted by Gasteiger charge is 2.25. The molecule has 0 saturated heterocycles. The molecular formula is C26H32ClN3O4. The fourth-order valence-corrected chi connectivity index (χ4v) is 4.21. The van der Waals surface area contributed by atoms with Crippen LogP contribution in [0.1, 0.15) is 66.7 Å². The zero-order valence-electron chi connectivity index (χ0n) is 19.8.